The van der Waals surface area contributed by atoms with Crippen LogP contribution in [0.25, 0.3) is 10.9 Å². The third-order valence-electron chi connectivity index (χ3n) is 3.32. The fraction of sp³-hybridized carbons (Fsp3) is 0.333. The molecule has 0 saturated carbocycles. The number of H-pyrrole nitrogens is 1. The van der Waals surface area contributed by atoms with E-state index in [-0.39, 0.29) is 11.7 Å². The number of nitrogens with zero attached hydrogens (tertiary/aromatic N) is 1. The van der Waals surface area contributed by atoms with Crippen LogP contribution in [0.3, 0.4) is 0 Å². The zero-order valence-corrected chi connectivity index (χ0v) is 11.5. The molecule has 1 heterocycles. The maximum atomic E-state index is 12.4. The summed E-state index contributed by atoms with van der Waals surface area (Å²) >= 11 is 0. The monoisotopic (exact) mass is 258 g/mol. The van der Waals surface area contributed by atoms with Gasteiger partial charge in [0, 0.05) is 24.0 Å². The van der Waals surface area contributed by atoms with Gasteiger partial charge in [-0.15, -0.1) is 0 Å². The number of para-hydroxylation sites is 1. The average Bonchev–Trinajstić information content (AvgIpc) is 2.79. The standard InChI is InChI=1S/C15H18N2O2/c1-4-17(5-2)15(19)14-13(10(3)18)11-8-6-7-9-12(11)16-14/h6-9,16H,4-5H2,1-3H3. The number of aromatic amines is 1. The molecule has 4 heteroatoms. The maximum Gasteiger partial charge on any atom is 0.271 e. The minimum Gasteiger partial charge on any atom is -0.350 e. The summed E-state index contributed by atoms with van der Waals surface area (Å²) in [6, 6.07) is 7.49. The van der Waals surface area contributed by atoms with E-state index in [1.807, 2.05) is 38.1 Å². The van der Waals surface area contributed by atoms with Crippen LogP contribution in [0, 0.1) is 0 Å². The first-order valence-corrected chi connectivity index (χ1v) is 6.51. The van der Waals surface area contributed by atoms with Crippen LogP contribution in [0.5, 0.6) is 0 Å². The SMILES string of the molecule is CCN(CC)C(=O)c1[nH]c2ccccc2c1C(C)=O. The summed E-state index contributed by atoms with van der Waals surface area (Å²) < 4.78 is 0. The van der Waals surface area contributed by atoms with Gasteiger partial charge in [-0.2, -0.15) is 0 Å². The lowest BCUT2D eigenvalue weighted by molar-refractivity contribution is 0.0763. The van der Waals surface area contributed by atoms with Gasteiger partial charge in [-0.3, -0.25) is 9.59 Å². The van der Waals surface area contributed by atoms with Crippen molar-refractivity contribution in [2.75, 3.05) is 13.1 Å². The normalized spacial score (nSPS) is 10.7. The Hall–Kier alpha value is -2.10. The van der Waals surface area contributed by atoms with Gasteiger partial charge in [-0.05, 0) is 26.8 Å². The number of aromatic nitrogens is 1. The molecule has 0 bridgehead atoms. The second-order valence-corrected chi connectivity index (χ2v) is 4.45. The van der Waals surface area contributed by atoms with Gasteiger partial charge >= 0.3 is 0 Å². The summed E-state index contributed by atoms with van der Waals surface area (Å²) in [5.41, 5.74) is 1.72. The van der Waals surface area contributed by atoms with Crippen molar-refractivity contribution in [1.29, 1.82) is 0 Å². The molecule has 100 valence electrons. The van der Waals surface area contributed by atoms with Gasteiger partial charge in [-0.25, -0.2) is 0 Å². The zero-order valence-electron chi connectivity index (χ0n) is 11.5. The van der Waals surface area contributed by atoms with Crippen LogP contribution in [-0.2, 0) is 0 Å². The third-order valence-corrected chi connectivity index (χ3v) is 3.32. The van der Waals surface area contributed by atoms with E-state index in [4.69, 9.17) is 0 Å². The minimum atomic E-state index is -0.119. The van der Waals surface area contributed by atoms with Crippen LogP contribution in [0.4, 0.5) is 0 Å². The lowest BCUT2D eigenvalue weighted by Crippen LogP contribution is -2.31. The highest BCUT2D eigenvalue weighted by molar-refractivity contribution is 6.15. The number of fused-ring (bicyclic) bond motifs is 1. The van der Waals surface area contributed by atoms with Crippen LogP contribution < -0.4 is 0 Å². The van der Waals surface area contributed by atoms with Crippen molar-refractivity contribution in [1.82, 2.24) is 9.88 Å². The smallest absolute Gasteiger partial charge is 0.271 e. The van der Waals surface area contributed by atoms with Gasteiger partial charge in [-0.1, -0.05) is 18.2 Å². The number of Topliss-reactive ketones (excluding diaryl/α,β-unsaturated/α-hetero) is 1. The second-order valence-electron chi connectivity index (χ2n) is 4.45. The predicted octanol–water partition coefficient (Wildman–Crippen LogP) is 2.85. The highest BCUT2D eigenvalue weighted by Crippen LogP contribution is 2.24. The van der Waals surface area contributed by atoms with Crippen molar-refractivity contribution in [2.45, 2.75) is 20.8 Å². The van der Waals surface area contributed by atoms with E-state index in [0.29, 0.717) is 24.3 Å². The molecule has 1 aromatic carbocycles. The third kappa shape index (κ3) is 2.26. The molecular formula is C15H18N2O2. The number of rotatable bonds is 4. The van der Waals surface area contributed by atoms with Crippen LogP contribution in [-0.4, -0.2) is 34.7 Å². The molecule has 4 nitrogen and oxygen atoms in total. The van der Waals surface area contributed by atoms with Crippen molar-refractivity contribution >= 4 is 22.6 Å². The number of amides is 1. The molecule has 1 N–H and O–H groups in total. The quantitative estimate of drug-likeness (QED) is 0.857. The molecule has 0 fully saturated rings. The van der Waals surface area contributed by atoms with Crippen LogP contribution in [0.15, 0.2) is 24.3 Å². The Morgan fingerprint density at radius 1 is 1.16 bits per heavy atom. The van der Waals surface area contributed by atoms with Crippen molar-refractivity contribution < 1.29 is 9.59 Å². The van der Waals surface area contributed by atoms with E-state index in [1.54, 1.807) is 4.90 Å². The van der Waals surface area contributed by atoms with E-state index in [2.05, 4.69) is 4.98 Å². The van der Waals surface area contributed by atoms with Gasteiger partial charge in [0.15, 0.2) is 5.78 Å². The van der Waals surface area contributed by atoms with Gasteiger partial charge in [0.2, 0.25) is 0 Å². The summed E-state index contributed by atoms with van der Waals surface area (Å²) in [6.45, 7) is 6.60. The van der Waals surface area contributed by atoms with E-state index in [9.17, 15) is 9.59 Å². The highest BCUT2D eigenvalue weighted by Gasteiger charge is 2.23. The Bertz CT molecular complexity index is 624. The molecule has 0 saturated heterocycles. The van der Waals surface area contributed by atoms with Crippen molar-refractivity contribution in [3.63, 3.8) is 0 Å². The molecular weight excluding hydrogens is 240 g/mol. The summed E-state index contributed by atoms with van der Waals surface area (Å²) in [4.78, 5) is 29.1. The molecule has 0 spiro atoms. The molecule has 0 atom stereocenters. The molecule has 2 aromatic rings. The van der Waals surface area contributed by atoms with Gasteiger partial charge in [0.25, 0.3) is 5.91 Å². The van der Waals surface area contributed by atoms with Crippen LogP contribution >= 0.6 is 0 Å². The fourth-order valence-corrected chi connectivity index (χ4v) is 2.34. The molecule has 0 radical (unpaired) electrons. The summed E-state index contributed by atoms with van der Waals surface area (Å²) in [5.74, 6) is -0.209. The number of hydrogen-bond donors (Lipinski definition) is 1. The van der Waals surface area contributed by atoms with Gasteiger partial charge in [0.05, 0.1) is 5.56 Å². The maximum absolute atomic E-state index is 12.4. The molecule has 1 aromatic heterocycles. The minimum absolute atomic E-state index is 0.0899. The first-order valence-electron chi connectivity index (χ1n) is 6.51. The van der Waals surface area contributed by atoms with E-state index in [1.165, 1.54) is 6.92 Å². The number of nitrogens with one attached hydrogen (secondary N) is 1. The Balaban J connectivity index is 2.62. The van der Waals surface area contributed by atoms with Crippen molar-refractivity contribution in [2.24, 2.45) is 0 Å². The second kappa shape index (κ2) is 5.26. The molecule has 0 aliphatic carbocycles. The predicted molar refractivity (Wildman–Crippen MR) is 75.6 cm³/mol. The first kappa shape index (κ1) is 13.3. The van der Waals surface area contributed by atoms with Crippen LogP contribution in [0.1, 0.15) is 41.6 Å². The molecule has 1 amide bonds. The summed E-state index contributed by atoms with van der Waals surface area (Å²) in [6.07, 6.45) is 0. The lowest BCUT2D eigenvalue weighted by atomic mass is 10.1. The Kier molecular flexibility index (Phi) is 3.69. The van der Waals surface area contributed by atoms with Crippen molar-refractivity contribution in [3.8, 4) is 0 Å². The highest BCUT2D eigenvalue weighted by atomic mass is 16.2. The van der Waals surface area contributed by atoms with Gasteiger partial charge in [0.1, 0.15) is 5.69 Å². The number of ketones is 1. The average molecular weight is 258 g/mol. The Labute approximate surface area is 112 Å². The number of carbonyl (C=O) groups excluding carboxylic acids is 2. The van der Waals surface area contributed by atoms with Gasteiger partial charge < -0.3 is 9.88 Å². The van der Waals surface area contributed by atoms with E-state index < -0.39 is 0 Å². The summed E-state index contributed by atoms with van der Waals surface area (Å²) in [7, 11) is 0. The van der Waals surface area contributed by atoms with Crippen molar-refractivity contribution in [3.05, 3.63) is 35.5 Å². The number of carbonyl (C=O) groups is 2. The number of hydrogen-bond acceptors (Lipinski definition) is 2. The molecule has 0 aliphatic rings. The molecule has 0 aliphatic heterocycles. The van der Waals surface area contributed by atoms with Crippen LogP contribution in [0.2, 0.25) is 0 Å². The first-order chi connectivity index (χ1) is 9.10. The largest absolute Gasteiger partial charge is 0.350 e. The topological polar surface area (TPSA) is 53.2 Å². The lowest BCUT2D eigenvalue weighted by Gasteiger charge is -2.18. The fourth-order valence-electron chi connectivity index (χ4n) is 2.34. The molecule has 2 rings (SSSR count). The molecule has 0 unspecified atom stereocenters. The van der Waals surface area contributed by atoms with E-state index >= 15 is 0 Å². The Morgan fingerprint density at radius 3 is 2.37 bits per heavy atom. The number of benzene rings is 1. The zero-order chi connectivity index (χ0) is 14.0. The summed E-state index contributed by atoms with van der Waals surface area (Å²) in [5, 5.41) is 0.811. The Morgan fingerprint density at radius 2 is 1.79 bits per heavy atom. The van der Waals surface area contributed by atoms with E-state index in [0.717, 1.165) is 10.9 Å². The molecule has 19 heavy (non-hydrogen) atoms.